The van der Waals surface area contributed by atoms with Gasteiger partial charge in [0.15, 0.2) is 9.84 Å². The number of amides is 1. The Bertz CT molecular complexity index is 886. The van der Waals surface area contributed by atoms with Crippen molar-refractivity contribution in [1.82, 2.24) is 5.32 Å². The summed E-state index contributed by atoms with van der Waals surface area (Å²) < 4.78 is 25.7. The number of benzene rings is 2. The van der Waals surface area contributed by atoms with E-state index in [1.54, 1.807) is 0 Å². The standard InChI is InChI=1S/C21H27NO3S/c1-15-8-3-6-13-20(15)22-21(23)16(2)26(24,25)14-18-11-7-10-17-9-4-5-12-19(17)18/h4-5,7,9-12,15-16,20H,3,6,8,13-14H2,1-2H3,(H,22,23)/t15-,16+,20+/m1/s1. The highest BCUT2D eigenvalue weighted by molar-refractivity contribution is 7.92. The molecule has 0 bridgehead atoms. The molecule has 0 heterocycles. The predicted molar refractivity (Wildman–Crippen MR) is 106 cm³/mol. The third kappa shape index (κ3) is 4.09. The summed E-state index contributed by atoms with van der Waals surface area (Å²) in [5, 5.41) is 3.86. The molecular formula is C21H27NO3S. The molecule has 0 aromatic heterocycles. The summed E-state index contributed by atoms with van der Waals surface area (Å²) >= 11 is 0. The van der Waals surface area contributed by atoms with E-state index < -0.39 is 15.1 Å². The Balaban J connectivity index is 1.75. The fraction of sp³-hybridized carbons (Fsp3) is 0.476. The van der Waals surface area contributed by atoms with E-state index in [4.69, 9.17) is 0 Å². The van der Waals surface area contributed by atoms with Gasteiger partial charge in [0.05, 0.1) is 5.75 Å². The molecule has 1 saturated carbocycles. The average molecular weight is 374 g/mol. The molecule has 2 aromatic carbocycles. The van der Waals surface area contributed by atoms with E-state index in [0.29, 0.717) is 5.92 Å². The maximum atomic E-state index is 12.8. The Labute approximate surface area is 155 Å². The number of fused-ring (bicyclic) bond motifs is 1. The molecule has 3 atom stereocenters. The Kier molecular flexibility index (Phi) is 5.66. The lowest BCUT2D eigenvalue weighted by Gasteiger charge is -2.30. The minimum absolute atomic E-state index is 0.0893. The molecule has 1 fully saturated rings. The highest BCUT2D eigenvalue weighted by Gasteiger charge is 2.31. The molecule has 0 aliphatic heterocycles. The van der Waals surface area contributed by atoms with Crippen LogP contribution in [-0.4, -0.2) is 25.6 Å². The summed E-state index contributed by atoms with van der Waals surface area (Å²) in [6, 6.07) is 13.5. The summed E-state index contributed by atoms with van der Waals surface area (Å²) in [6.45, 7) is 3.63. The van der Waals surface area contributed by atoms with Crippen LogP contribution in [0.15, 0.2) is 42.5 Å². The van der Waals surface area contributed by atoms with Crippen molar-refractivity contribution in [3.8, 4) is 0 Å². The lowest BCUT2D eigenvalue weighted by Crippen LogP contribution is -2.47. The van der Waals surface area contributed by atoms with Gasteiger partial charge in [-0.2, -0.15) is 0 Å². The fourth-order valence-corrected chi connectivity index (χ4v) is 5.08. The Hall–Kier alpha value is -1.88. The maximum absolute atomic E-state index is 12.8. The van der Waals surface area contributed by atoms with Gasteiger partial charge < -0.3 is 5.32 Å². The number of hydrogen-bond donors (Lipinski definition) is 1. The SMILES string of the molecule is C[C@@H]1CCCC[C@@H]1NC(=O)[C@H](C)S(=O)(=O)Cc1cccc2ccccc12. The van der Waals surface area contributed by atoms with E-state index in [1.165, 1.54) is 13.3 Å². The number of rotatable bonds is 5. The van der Waals surface area contributed by atoms with Crippen molar-refractivity contribution in [3.63, 3.8) is 0 Å². The van der Waals surface area contributed by atoms with E-state index in [-0.39, 0.29) is 17.7 Å². The monoisotopic (exact) mass is 373 g/mol. The topological polar surface area (TPSA) is 63.2 Å². The fourth-order valence-electron chi connectivity index (χ4n) is 3.75. The molecule has 140 valence electrons. The molecule has 3 rings (SSSR count). The molecule has 0 radical (unpaired) electrons. The zero-order valence-electron chi connectivity index (χ0n) is 15.4. The second-order valence-corrected chi connectivity index (χ2v) is 9.79. The predicted octanol–water partition coefficient (Wildman–Crippen LogP) is 3.84. The van der Waals surface area contributed by atoms with Gasteiger partial charge >= 0.3 is 0 Å². The van der Waals surface area contributed by atoms with Crippen molar-refractivity contribution in [2.24, 2.45) is 5.92 Å². The molecule has 1 amide bonds. The average Bonchev–Trinajstić information content (AvgIpc) is 2.63. The zero-order valence-corrected chi connectivity index (χ0v) is 16.3. The van der Waals surface area contributed by atoms with Crippen LogP contribution in [0.5, 0.6) is 0 Å². The van der Waals surface area contributed by atoms with Crippen molar-refractivity contribution in [2.75, 3.05) is 0 Å². The molecule has 0 spiro atoms. The quantitative estimate of drug-likeness (QED) is 0.866. The number of hydrogen-bond acceptors (Lipinski definition) is 3. The highest BCUT2D eigenvalue weighted by atomic mass is 32.2. The smallest absolute Gasteiger partial charge is 0.238 e. The largest absolute Gasteiger partial charge is 0.352 e. The summed E-state index contributed by atoms with van der Waals surface area (Å²) in [6.07, 6.45) is 4.29. The maximum Gasteiger partial charge on any atom is 0.238 e. The Morgan fingerprint density at radius 3 is 2.58 bits per heavy atom. The second-order valence-electron chi connectivity index (χ2n) is 7.46. The molecule has 1 N–H and O–H groups in total. The minimum atomic E-state index is -3.58. The molecule has 2 aromatic rings. The third-order valence-electron chi connectivity index (χ3n) is 5.58. The van der Waals surface area contributed by atoms with Crippen LogP contribution in [0.1, 0.15) is 45.1 Å². The molecule has 0 saturated heterocycles. The minimum Gasteiger partial charge on any atom is -0.352 e. The van der Waals surface area contributed by atoms with Crippen LogP contribution >= 0.6 is 0 Å². The van der Waals surface area contributed by atoms with Crippen molar-refractivity contribution < 1.29 is 13.2 Å². The zero-order chi connectivity index (χ0) is 18.7. The summed E-state index contributed by atoms with van der Waals surface area (Å²) in [5.74, 6) is -0.0898. The van der Waals surface area contributed by atoms with Gasteiger partial charge in [-0.1, -0.05) is 62.2 Å². The van der Waals surface area contributed by atoms with Crippen molar-refractivity contribution in [2.45, 2.75) is 56.6 Å². The molecule has 0 unspecified atom stereocenters. The van der Waals surface area contributed by atoms with Gasteiger partial charge in [0.2, 0.25) is 5.91 Å². The van der Waals surface area contributed by atoms with Gasteiger partial charge in [0.25, 0.3) is 0 Å². The van der Waals surface area contributed by atoms with Crippen LogP contribution in [0.2, 0.25) is 0 Å². The van der Waals surface area contributed by atoms with Crippen LogP contribution in [0.4, 0.5) is 0 Å². The van der Waals surface area contributed by atoms with Crippen molar-refractivity contribution in [3.05, 3.63) is 48.0 Å². The lowest BCUT2D eigenvalue weighted by atomic mass is 9.86. The Morgan fingerprint density at radius 1 is 1.12 bits per heavy atom. The van der Waals surface area contributed by atoms with E-state index >= 15 is 0 Å². The van der Waals surface area contributed by atoms with Crippen molar-refractivity contribution in [1.29, 1.82) is 0 Å². The molecule has 4 nitrogen and oxygen atoms in total. The third-order valence-corrected chi connectivity index (χ3v) is 7.59. The first-order chi connectivity index (χ1) is 12.4. The van der Waals surface area contributed by atoms with E-state index in [0.717, 1.165) is 35.6 Å². The summed E-state index contributed by atoms with van der Waals surface area (Å²) in [4.78, 5) is 12.6. The van der Waals surface area contributed by atoms with Gasteiger partial charge in [-0.25, -0.2) is 8.42 Å². The van der Waals surface area contributed by atoms with Crippen LogP contribution < -0.4 is 5.32 Å². The highest BCUT2D eigenvalue weighted by Crippen LogP contribution is 2.25. The van der Waals surface area contributed by atoms with E-state index in [9.17, 15) is 13.2 Å². The van der Waals surface area contributed by atoms with Crippen LogP contribution in [-0.2, 0) is 20.4 Å². The Morgan fingerprint density at radius 2 is 1.81 bits per heavy atom. The van der Waals surface area contributed by atoms with Crippen LogP contribution in [0.3, 0.4) is 0 Å². The van der Waals surface area contributed by atoms with Gasteiger partial charge in [-0.15, -0.1) is 0 Å². The summed E-state index contributed by atoms with van der Waals surface area (Å²) in [7, 11) is -3.58. The first kappa shape index (κ1) is 18.9. The van der Waals surface area contributed by atoms with Gasteiger partial charge in [0.1, 0.15) is 5.25 Å². The van der Waals surface area contributed by atoms with Gasteiger partial charge in [-0.3, -0.25) is 4.79 Å². The molecule has 26 heavy (non-hydrogen) atoms. The second kappa shape index (κ2) is 7.78. The summed E-state index contributed by atoms with van der Waals surface area (Å²) in [5.41, 5.74) is 0.744. The first-order valence-corrected chi connectivity index (χ1v) is 11.1. The number of sulfone groups is 1. The van der Waals surface area contributed by atoms with Gasteiger partial charge in [-0.05, 0) is 42.0 Å². The van der Waals surface area contributed by atoms with Crippen LogP contribution in [0.25, 0.3) is 10.8 Å². The number of nitrogens with one attached hydrogen (secondary N) is 1. The molecular weight excluding hydrogens is 346 g/mol. The van der Waals surface area contributed by atoms with Crippen LogP contribution in [0, 0.1) is 5.92 Å². The van der Waals surface area contributed by atoms with Crippen molar-refractivity contribution >= 4 is 26.5 Å². The molecule has 1 aliphatic rings. The van der Waals surface area contributed by atoms with E-state index in [2.05, 4.69) is 12.2 Å². The van der Waals surface area contributed by atoms with E-state index in [1.807, 2.05) is 42.5 Å². The molecule has 5 heteroatoms. The number of carbonyl (C=O) groups is 1. The van der Waals surface area contributed by atoms with Gasteiger partial charge in [0, 0.05) is 6.04 Å². The molecule has 1 aliphatic carbocycles. The normalized spacial score (nSPS) is 22.1. The number of carbonyl (C=O) groups excluding carboxylic acids is 1. The first-order valence-electron chi connectivity index (χ1n) is 9.37. The lowest BCUT2D eigenvalue weighted by molar-refractivity contribution is -0.121.